The summed E-state index contributed by atoms with van der Waals surface area (Å²) in [5, 5.41) is 15.7. The number of ether oxygens (including phenoxy) is 1. The van der Waals surface area contributed by atoms with Crippen LogP contribution in [0.25, 0.3) is 0 Å². The number of nitrogens with zero attached hydrogens (tertiary/aromatic N) is 1. The second-order valence-corrected chi connectivity index (χ2v) is 13.0. The number of carbonyl (C=O) groups is 3. The molecule has 2 aromatic rings. The number of benzene rings is 2. The highest BCUT2D eigenvalue weighted by Gasteiger charge is 2.43. The number of rotatable bonds is 12. The van der Waals surface area contributed by atoms with Gasteiger partial charge in [-0.25, -0.2) is 4.79 Å². The van der Waals surface area contributed by atoms with Gasteiger partial charge in [-0.2, -0.15) is 0 Å². The Bertz CT molecular complexity index is 1200. The third-order valence-electron chi connectivity index (χ3n) is 7.30. The minimum absolute atomic E-state index is 0.0784. The fourth-order valence-corrected chi connectivity index (χ4v) is 5.04. The summed E-state index contributed by atoms with van der Waals surface area (Å²) in [6.07, 6.45) is 1.70. The molecule has 0 aliphatic rings. The number of carbonyl (C=O) groups excluding carboxylic acids is 3. The molecule has 0 saturated heterocycles. The molecule has 0 fully saturated rings. The Morgan fingerprint density at radius 1 is 0.929 bits per heavy atom. The van der Waals surface area contributed by atoms with Gasteiger partial charge in [0.2, 0.25) is 11.8 Å². The minimum Gasteiger partial charge on any atom is -0.508 e. The monoisotopic (exact) mass is 581 g/mol. The van der Waals surface area contributed by atoms with Gasteiger partial charge in [0.1, 0.15) is 23.4 Å². The van der Waals surface area contributed by atoms with Crippen LogP contribution in [0.15, 0.2) is 42.5 Å². The van der Waals surface area contributed by atoms with Gasteiger partial charge < -0.3 is 25.4 Å². The number of nitrogens with one attached hydrogen (secondary N) is 2. The van der Waals surface area contributed by atoms with Crippen LogP contribution in [-0.4, -0.2) is 51.1 Å². The van der Waals surface area contributed by atoms with Crippen molar-refractivity contribution in [2.24, 2.45) is 0 Å². The van der Waals surface area contributed by atoms with Crippen molar-refractivity contribution in [1.29, 1.82) is 0 Å². The third kappa shape index (κ3) is 10.1. The van der Waals surface area contributed by atoms with Crippen molar-refractivity contribution >= 4 is 17.9 Å². The third-order valence-corrected chi connectivity index (χ3v) is 7.30. The average molecular weight is 582 g/mol. The number of aromatic hydroxyl groups is 1. The lowest BCUT2D eigenvalue weighted by Crippen LogP contribution is -2.60. The van der Waals surface area contributed by atoms with E-state index in [0.717, 1.165) is 29.5 Å². The van der Waals surface area contributed by atoms with E-state index in [9.17, 15) is 19.5 Å². The molecule has 8 nitrogen and oxygen atoms in total. The van der Waals surface area contributed by atoms with E-state index < -0.39 is 35.2 Å². The fraction of sp³-hybridized carbons (Fsp3) is 0.559. The minimum atomic E-state index is -1.04. The van der Waals surface area contributed by atoms with Crippen LogP contribution in [0.4, 0.5) is 4.79 Å². The molecule has 0 spiro atoms. The Morgan fingerprint density at radius 2 is 1.50 bits per heavy atom. The summed E-state index contributed by atoms with van der Waals surface area (Å²) in [6, 6.07) is 10.4. The molecule has 232 valence electrons. The van der Waals surface area contributed by atoms with Crippen LogP contribution in [0.1, 0.15) is 103 Å². The van der Waals surface area contributed by atoms with Crippen molar-refractivity contribution in [2.45, 2.75) is 124 Å². The first-order valence-electron chi connectivity index (χ1n) is 15.0. The smallest absolute Gasteiger partial charge is 0.408 e. The van der Waals surface area contributed by atoms with E-state index in [4.69, 9.17) is 4.74 Å². The molecular weight excluding hydrogens is 530 g/mol. The van der Waals surface area contributed by atoms with E-state index in [0.29, 0.717) is 12.0 Å². The van der Waals surface area contributed by atoms with Gasteiger partial charge >= 0.3 is 6.09 Å². The number of aryl methyl sites for hydroxylation is 2. The quantitative estimate of drug-likeness (QED) is 0.265. The summed E-state index contributed by atoms with van der Waals surface area (Å²) < 4.78 is 5.53. The molecule has 0 radical (unpaired) electrons. The predicted octanol–water partition coefficient (Wildman–Crippen LogP) is 6.51. The van der Waals surface area contributed by atoms with E-state index in [1.54, 1.807) is 49.9 Å². The van der Waals surface area contributed by atoms with Gasteiger partial charge in [-0.1, -0.05) is 61.7 Å². The molecule has 0 aromatic heterocycles. The topological polar surface area (TPSA) is 108 Å². The standard InChI is InChI=1S/C34H51N3O5/c1-11-13-24(5)35-30(39)29(26-19-22(3)18-23(4)20-26)37(34(9,10)12-2)31(40)28(36-32(41)42-33(6,7)8)21-25-14-16-27(38)17-15-25/h14-20,24,28-29,38H,11-13,21H2,1-10H3,(H,35,39)(H,36,41). The highest BCUT2D eigenvalue weighted by Crippen LogP contribution is 2.33. The Balaban J connectivity index is 2.71. The van der Waals surface area contributed by atoms with Crippen LogP contribution in [0.3, 0.4) is 0 Å². The van der Waals surface area contributed by atoms with Crippen molar-refractivity contribution < 1.29 is 24.2 Å². The summed E-state index contributed by atoms with van der Waals surface area (Å²) >= 11 is 0. The highest BCUT2D eigenvalue weighted by atomic mass is 16.6. The molecule has 8 heteroatoms. The molecule has 42 heavy (non-hydrogen) atoms. The van der Waals surface area contributed by atoms with Gasteiger partial charge in [0.15, 0.2) is 0 Å². The summed E-state index contributed by atoms with van der Waals surface area (Å²) in [7, 11) is 0. The molecular formula is C34H51N3O5. The number of alkyl carbamates (subject to hydrolysis) is 1. The Labute approximate surface area is 252 Å². The zero-order chi connectivity index (χ0) is 31.8. The largest absolute Gasteiger partial charge is 0.508 e. The van der Waals surface area contributed by atoms with Crippen molar-refractivity contribution in [3.63, 3.8) is 0 Å². The summed E-state index contributed by atoms with van der Waals surface area (Å²) in [5.41, 5.74) is 1.89. The van der Waals surface area contributed by atoms with Crippen molar-refractivity contribution in [1.82, 2.24) is 15.5 Å². The van der Waals surface area contributed by atoms with Gasteiger partial charge in [0, 0.05) is 18.0 Å². The number of hydrogen-bond acceptors (Lipinski definition) is 5. The van der Waals surface area contributed by atoms with Crippen LogP contribution in [-0.2, 0) is 20.7 Å². The lowest BCUT2D eigenvalue weighted by molar-refractivity contribution is -0.149. The second-order valence-electron chi connectivity index (χ2n) is 13.0. The molecule has 3 N–H and O–H groups in total. The van der Waals surface area contributed by atoms with E-state index in [1.165, 1.54) is 0 Å². The second kappa shape index (κ2) is 14.6. The van der Waals surface area contributed by atoms with Gasteiger partial charge in [0.25, 0.3) is 0 Å². The van der Waals surface area contributed by atoms with Crippen LogP contribution in [0.5, 0.6) is 5.75 Å². The maximum Gasteiger partial charge on any atom is 0.408 e. The summed E-state index contributed by atoms with van der Waals surface area (Å²) in [4.78, 5) is 43.5. The Morgan fingerprint density at radius 3 is 2.00 bits per heavy atom. The molecule has 0 bridgehead atoms. The number of amides is 3. The SMILES string of the molecule is CCCC(C)NC(=O)C(c1cc(C)cc(C)c1)N(C(=O)C(Cc1ccc(O)cc1)NC(=O)OC(C)(C)C)C(C)(C)CC. The molecule has 3 unspecified atom stereocenters. The molecule has 0 saturated carbocycles. The van der Waals surface area contributed by atoms with Crippen molar-refractivity contribution in [3.05, 3.63) is 64.7 Å². The van der Waals surface area contributed by atoms with E-state index in [-0.39, 0.29) is 24.1 Å². The molecule has 0 aliphatic carbocycles. The zero-order valence-corrected chi connectivity index (χ0v) is 27.1. The molecule has 3 amide bonds. The van der Waals surface area contributed by atoms with Gasteiger partial charge in [0.05, 0.1) is 0 Å². The van der Waals surface area contributed by atoms with Crippen LogP contribution >= 0.6 is 0 Å². The van der Waals surface area contributed by atoms with E-state index in [1.807, 2.05) is 59.7 Å². The maximum absolute atomic E-state index is 14.7. The molecule has 0 aliphatic heterocycles. The first-order chi connectivity index (χ1) is 19.5. The number of phenolic OH excluding ortho intramolecular Hbond substituents is 1. The van der Waals surface area contributed by atoms with Crippen LogP contribution < -0.4 is 10.6 Å². The Kier molecular flexibility index (Phi) is 12.0. The summed E-state index contributed by atoms with van der Waals surface area (Å²) in [6.45, 7) is 19.1. The molecule has 3 atom stereocenters. The fourth-order valence-electron chi connectivity index (χ4n) is 5.04. The summed E-state index contributed by atoms with van der Waals surface area (Å²) in [5.74, 6) is -0.567. The van der Waals surface area contributed by atoms with Gasteiger partial charge in [-0.05, 0) is 91.5 Å². The first kappa shape index (κ1) is 34.7. The lowest BCUT2D eigenvalue weighted by Gasteiger charge is -2.45. The maximum atomic E-state index is 14.7. The van der Waals surface area contributed by atoms with E-state index >= 15 is 0 Å². The Hall–Kier alpha value is -3.55. The predicted molar refractivity (Wildman–Crippen MR) is 167 cm³/mol. The molecule has 2 rings (SSSR count). The average Bonchev–Trinajstić information content (AvgIpc) is 2.85. The van der Waals surface area contributed by atoms with Crippen LogP contribution in [0, 0.1) is 13.8 Å². The first-order valence-corrected chi connectivity index (χ1v) is 15.0. The number of phenols is 1. The van der Waals surface area contributed by atoms with E-state index in [2.05, 4.69) is 17.6 Å². The zero-order valence-electron chi connectivity index (χ0n) is 27.1. The van der Waals surface area contributed by atoms with Gasteiger partial charge in [-0.3, -0.25) is 9.59 Å². The molecule has 0 heterocycles. The normalized spacial score (nSPS) is 14.0. The van der Waals surface area contributed by atoms with Crippen molar-refractivity contribution in [2.75, 3.05) is 0 Å². The lowest BCUT2D eigenvalue weighted by atomic mass is 9.90. The highest BCUT2D eigenvalue weighted by molar-refractivity contribution is 5.93. The van der Waals surface area contributed by atoms with Gasteiger partial charge in [-0.15, -0.1) is 0 Å². The molecule has 2 aromatic carbocycles. The van der Waals surface area contributed by atoms with Crippen molar-refractivity contribution in [3.8, 4) is 5.75 Å². The van der Waals surface area contributed by atoms with Crippen LogP contribution in [0.2, 0.25) is 0 Å². The number of hydrogen-bond donors (Lipinski definition) is 3.